The number of carbonyl (C=O) groups is 2. The van der Waals surface area contributed by atoms with Crippen molar-refractivity contribution in [3.63, 3.8) is 0 Å². The smallest absolute Gasteiger partial charge is 0.438 e. The molecule has 5 heteroatoms. The van der Waals surface area contributed by atoms with Crippen LogP contribution in [0.1, 0.15) is 0 Å². The van der Waals surface area contributed by atoms with Gasteiger partial charge in [-0.2, -0.15) is 4.79 Å². The average Bonchev–Trinajstić information content (AvgIpc) is 1.90. The van der Waals surface area contributed by atoms with Gasteiger partial charge in [-0.1, -0.05) is 0 Å². The van der Waals surface area contributed by atoms with Crippen molar-refractivity contribution in [2.75, 3.05) is 7.11 Å². The van der Waals surface area contributed by atoms with Gasteiger partial charge in [0, 0.05) is 0 Å². The normalized spacial score (nSPS) is 7.22. The lowest BCUT2D eigenvalue weighted by atomic mass is 10.4. The summed E-state index contributed by atoms with van der Waals surface area (Å²) in [5, 5.41) is 0. The summed E-state index contributed by atoms with van der Waals surface area (Å²) in [6.07, 6.45) is 0.103. The molecule has 0 aromatic carbocycles. The van der Waals surface area contributed by atoms with Crippen molar-refractivity contribution in [3.8, 4) is 0 Å². The van der Waals surface area contributed by atoms with Crippen molar-refractivity contribution in [2.24, 2.45) is 0 Å². The van der Waals surface area contributed by atoms with Gasteiger partial charge in [-0.05, 0) is 0 Å². The molecule has 48 valence electrons. The highest BCUT2D eigenvalue weighted by Crippen LogP contribution is 1.71. The molecule has 0 aromatic rings. The fourth-order valence-corrected chi connectivity index (χ4v) is 0.217. The first-order valence-corrected chi connectivity index (χ1v) is 2.01. The summed E-state index contributed by atoms with van der Waals surface area (Å²) in [5.41, 5.74) is 7.24. The maximum absolute atomic E-state index is 10.2. The van der Waals surface area contributed by atoms with Crippen LogP contribution in [-0.4, -0.2) is 29.9 Å². The second-order valence-electron chi connectivity index (χ2n) is 1.09. The number of ether oxygens (including phenoxy) is 1. The van der Waals surface area contributed by atoms with E-state index in [9.17, 15) is 9.59 Å². The number of carbonyl (C=O) groups excluding carboxylic acids is 2. The molecule has 9 heavy (non-hydrogen) atoms. The lowest BCUT2D eigenvalue weighted by molar-refractivity contribution is -0.138. The van der Waals surface area contributed by atoms with E-state index in [1.807, 2.05) is 0 Å². The van der Waals surface area contributed by atoms with Crippen LogP contribution in [0.3, 0.4) is 0 Å². The summed E-state index contributed by atoms with van der Waals surface area (Å²) >= 11 is 0. The van der Waals surface area contributed by atoms with Crippen LogP contribution in [0.25, 0.3) is 5.53 Å². The zero-order valence-electron chi connectivity index (χ0n) is 4.70. The number of esters is 1. The first-order chi connectivity index (χ1) is 4.26. The minimum atomic E-state index is -0.951. The lowest BCUT2D eigenvalue weighted by Crippen LogP contribution is -2.17. The molecule has 0 atom stereocenters. The number of hydrogen-bond donors (Lipinski definition) is 0. The summed E-state index contributed by atoms with van der Waals surface area (Å²) in [6.45, 7) is 0. The molecule has 0 aliphatic heterocycles. The molecule has 0 aromatic heterocycles. The van der Waals surface area contributed by atoms with Crippen molar-refractivity contribution in [2.45, 2.75) is 0 Å². The Morgan fingerprint density at radius 2 is 2.33 bits per heavy atom. The van der Waals surface area contributed by atoms with Gasteiger partial charge in [0.1, 0.15) is 0 Å². The predicted octanol–water partition coefficient (Wildman–Crippen LogP) is -0.971. The Bertz CT molecular complexity index is 180. The topological polar surface area (TPSA) is 79.8 Å². The zero-order valence-corrected chi connectivity index (χ0v) is 4.70. The standard InChI is InChI=1S/C4H4N2O3/c1-9-4(8)3(2-7)6-5/h2H,1H3. The lowest BCUT2D eigenvalue weighted by Gasteiger charge is -1.83. The Morgan fingerprint density at radius 3 is 2.44 bits per heavy atom. The van der Waals surface area contributed by atoms with Crippen molar-refractivity contribution < 1.29 is 19.1 Å². The van der Waals surface area contributed by atoms with Gasteiger partial charge in [-0.15, -0.1) is 0 Å². The number of hydrogen-bond acceptors (Lipinski definition) is 3. The van der Waals surface area contributed by atoms with Gasteiger partial charge in [0.05, 0.1) is 7.11 Å². The number of rotatable bonds is 2. The molecule has 0 rings (SSSR count). The van der Waals surface area contributed by atoms with E-state index in [4.69, 9.17) is 5.53 Å². The van der Waals surface area contributed by atoms with Crippen LogP contribution in [0.5, 0.6) is 0 Å². The maximum Gasteiger partial charge on any atom is 0.438 e. The van der Waals surface area contributed by atoms with Crippen molar-refractivity contribution >= 4 is 18.0 Å². The molecular formula is C4H4N2O3. The highest BCUT2D eigenvalue weighted by Gasteiger charge is 2.18. The van der Waals surface area contributed by atoms with Gasteiger partial charge in [0.2, 0.25) is 6.29 Å². The average molecular weight is 128 g/mol. The summed E-state index contributed by atoms with van der Waals surface area (Å²) in [7, 11) is 1.08. The Labute approximate surface area is 50.9 Å². The molecule has 0 N–H and O–H groups in total. The van der Waals surface area contributed by atoms with E-state index < -0.39 is 11.7 Å². The van der Waals surface area contributed by atoms with Crippen molar-refractivity contribution in [1.82, 2.24) is 0 Å². The van der Waals surface area contributed by atoms with Crippen LogP contribution >= 0.6 is 0 Å². The van der Waals surface area contributed by atoms with Crippen LogP contribution in [0, 0.1) is 0 Å². The molecule has 0 aliphatic carbocycles. The largest absolute Gasteiger partial charge is 0.460 e. The van der Waals surface area contributed by atoms with Crippen LogP contribution in [0.4, 0.5) is 0 Å². The minimum absolute atomic E-state index is 0.103. The summed E-state index contributed by atoms with van der Waals surface area (Å²) in [4.78, 5) is 22.3. The highest BCUT2D eigenvalue weighted by atomic mass is 16.5. The third-order valence-electron chi connectivity index (χ3n) is 0.614. The van der Waals surface area contributed by atoms with Crippen molar-refractivity contribution in [3.05, 3.63) is 5.53 Å². The molecule has 0 bridgehead atoms. The monoisotopic (exact) mass is 128 g/mol. The number of nitrogens with zero attached hydrogens (tertiary/aromatic N) is 2. The van der Waals surface area contributed by atoms with Crippen molar-refractivity contribution in [1.29, 1.82) is 0 Å². The summed E-state index contributed by atoms with van der Waals surface area (Å²) < 4.78 is 4.03. The predicted molar refractivity (Wildman–Crippen MR) is 26.7 cm³/mol. The maximum atomic E-state index is 10.2. The highest BCUT2D eigenvalue weighted by molar-refractivity contribution is 6.55. The molecule has 5 nitrogen and oxygen atoms in total. The van der Waals surface area contributed by atoms with E-state index in [0.29, 0.717) is 0 Å². The van der Waals surface area contributed by atoms with Gasteiger partial charge in [0.25, 0.3) is 0 Å². The molecule has 0 fully saturated rings. The molecule has 0 saturated heterocycles. The van der Waals surface area contributed by atoms with E-state index in [0.717, 1.165) is 7.11 Å². The van der Waals surface area contributed by atoms with E-state index in [-0.39, 0.29) is 6.29 Å². The quantitative estimate of drug-likeness (QED) is 0.120. The Balaban J connectivity index is 4.32. The first kappa shape index (κ1) is 7.52. The van der Waals surface area contributed by atoms with E-state index in [1.165, 1.54) is 0 Å². The molecule has 0 aliphatic rings. The first-order valence-electron chi connectivity index (χ1n) is 2.01. The minimum Gasteiger partial charge on any atom is -0.460 e. The SMILES string of the molecule is COC(=O)C(C=O)=[N+]=[N-]. The number of aldehydes is 1. The third-order valence-corrected chi connectivity index (χ3v) is 0.614. The molecule has 0 amide bonds. The van der Waals surface area contributed by atoms with Crippen LogP contribution < -0.4 is 0 Å². The van der Waals surface area contributed by atoms with E-state index in [1.54, 1.807) is 0 Å². The van der Waals surface area contributed by atoms with E-state index >= 15 is 0 Å². The Morgan fingerprint density at radius 1 is 1.78 bits per heavy atom. The van der Waals surface area contributed by atoms with Gasteiger partial charge in [0.15, 0.2) is 0 Å². The van der Waals surface area contributed by atoms with Crippen LogP contribution in [0.15, 0.2) is 0 Å². The fourth-order valence-electron chi connectivity index (χ4n) is 0.217. The van der Waals surface area contributed by atoms with Crippen LogP contribution in [0.2, 0.25) is 0 Å². The van der Waals surface area contributed by atoms with Crippen LogP contribution in [-0.2, 0) is 14.3 Å². The molecule has 0 radical (unpaired) electrons. The van der Waals surface area contributed by atoms with Gasteiger partial charge < -0.3 is 10.3 Å². The molecule has 0 unspecified atom stereocenters. The zero-order chi connectivity index (χ0) is 7.28. The molecule has 0 saturated carbocycles. The Hall–Kier alpha value is -1.48. The van der Waals surface area contributed by atoms with E-state index in [2.05, 4.69) is 9.53 Å². The van der Waals surface area contributed by atoms with Gasteiger partial charge in [-0.25, -0.2) is 4.79 Å². The van der Waals surface area contributed by atoms with Gasteiger partial charge >= 0.3 is 11.7 Å². The summed E-state index contributed by atoms with van der Waals surface area (Å²) in [5.74, 6) is -0.951. The summed E-state index contributed by atoms with van der Waals surface area (Å²) in [6, 6.07) is 0. The third kappa shape index (κ3) is 1.84. The molecule has 0 heterocycles. The molecule has 0 spiro atoms. The fraction of sp³-hybridized carbons (Fsp3) is 0.250. The Kier molecular flexibility index (Phi) is 2.94. The van der Waals surface area contributed by atoms with Gasteiger partial charge in [-0.3, -0.25) is 4.79 Å². The number of methoxy groups -OCH3 is 1. The second kappa shape index (κ2) is 3.51. The molecular weight excluding hydrogens is 124 g/mol. The second-order valence-corrected chi connectivity index (χ2v) is 1.09.